The quantitative estimate of drug-likeness (QED) is 0.857. The van der Waals surface area contributed by atoms with E-state index in [9.17, 15) is 0 Å². The van der Waals surface area contributed by atoms with E-state index in [2.05, 4.69) is 39.1 Å². The average Bonchev–Trinajstić information content (AvgIpc) is 3.16. The van der Waals surface area contributed by atoms with Crippen LogP contribution in [0.15, 0.2) is 18.3 Å². The van der Waals surface area contributed by atoms with Crippen LogP contribution in [0.4, 0.5) is 0 Å². The van der Waals surface area contributed by atoms with E-state index >= 15 is 0 Å². The van der Waals surface area contributed by atoms with Gasteiger partial charge in [0.1, 0.15) is 11.3 Å². The first kappa shape index (κ1) is 13.9. The van der Waals surface area contributed by atoms with Crippen LogP contribution in [0.3, 0.4) is 0 Å². The second kappa shape index (κ2) is 6.21. The maximum atomic E-state index is 4.94. The Bertz CT molecular complexity index is 613. The molecule has 0 radical (unpaired) electrons. The van der Waals surface area contributed by atoms with Crippen LogP contribution in [0.2, 0.25) is 0 Å². The monoisotopic (exact) mass is 319 g/mol. The van der Waals surface area contributed by atoms with Crippen molar-refractivity contribution in [3.63, 3.8) is 0 Å². The first-order valence-corrected chi connectivity index (χ1v) is 10.1. The summed E-state index contributed by atoms with van der Waals surface area (Å²) in [4.78, 5) is 9.56. The molecular weight excluding hydrogens is 298 g/mol. The van der Waals surface area contributed by atoms with Gasteiger partial charge in [-0.15, -0.1) is 0 Å². The van der Waals surface area contributed by atoms with Gasteiger partial charge < -0.3 is 4.57 Å². The molecule has 4 heterocycles. The molecule has 0 saturated carbocycles. The molecule has 2 aromatic heterocycles. The third kappa shape index (κ3) is 2.82. The highest BCUT2D eigenvalue weighted by atomic mass is 32.2. The maximum Gasteiger partial charge on any atom is 0.160 e. The molecule has 2 fully saturated rings. The highest BCUT2D eigenvalue weighted by Gasteiger charge is 2.26. The molecule has 0 spiro atoms. The average molecular weight is 319 g/mol. The number of thioether (sulfide) groups is 2. The molecule has 21 heavy (non-hydrogen) atoms. The lowest BCUT2D eigenvalue weighted by atomic mass is 10.1. The van der Waals surface area contributed by atoms with Gasteiger partial charge in [0.25, 0.3) is 0 Å². The SMILES string of the molecule is c1cnc2c(c1)nc(C1CCSC1)n2CC1CCCCS1. The first-order valence-electron chi connectivity index (χ1n) is 7.92. The number of hydrogen-bond acceptors (Lipinski definition) is 4. The third-order valence-electron chi connectivity index (χ3n) is 4.49. The Balaban J connectivity index is 1.70. The standard InChI is InChI=1S/C16H21N3S2/c1-2-8-21-13(4-1)10-19-15(12-6-9-20-11-12)18-14-5-3-7-17-16(14)19/h3,5,7,12-13H,1-2,4,6,8-11H2. The van der Waals surface area contributed by atoms with Gasteiger partial charge in [0.15, 0.2) is 5.65 Å². The van der Waals surface area contributed by atoms with E-state index in [1.165, 1.54) is 48.8 Å². The summed E-state index contributed by atoms with van der Waals surface area (Å²) in [5.74, 6) is 5.73. The van der Waals surface area contributed by atoms with Gasteiger partial charge in [0.05, 0.1) is 0 Å². The first-order chi connectivity index (χ1) is 10.4. The summed E-state index contributed by atoms with van der Waals surface area (Å²) >= 11 is 4.20. The molecule has 2 saturated heterocycles. The number of hydrogen-bond donors (Lipinski definition) is 0. The minimum absolute atomic E-state index is 0.623. The Morgan fingerprint density at radius 3 is 3.05 bits per heavy atom. The van der Waals surface area contributed by atoms with E-state index in [4.69, 9.17) is 4.98 Å². The molecular formula is C16H21N3S2. The second-order valence-corrected chi connectivity index (χ2v) is 8.53. The van der Waals surface area contributed by atoms with Crippen molar-refractivity contribution in [3.8, 4) is 0 Å². The summed E-state index contributed by atoms with van der Waals surface area (Å²) in [7, 11) is 0. The molecule has 0 aromatic carbocycles. The molecule has 2 aliphatic rings. The molecule has 0 bridgehead atoms. The topological polar surface area (TPSA) is 30.7 Å². The zero-order chi connectivity index (χ0) is 14.1. The number of rotatable bonds is 3. The molecule has 0 aliphatic carbocycles. The summed E-state index contributed by atoms with van der Waals surface area (Å²) in [6, 6.07) is 4.11. The number of pyridine rings is 1. The molecule has 0 N–H and O–H groups in total. The summed E-state index contributed by atoms with van der Waals surface area (Å²) in [6.07, 6.45) is 7.28. The smallest absolute Gasteiger partial charge is 0.160 e. The van der Waals surface area contributed by atoms with Gasteiger partial charge in [-0.25, -0.2) is 9.97 Å². The van der Waals surface area contributed by atoms with E-state index in [0.29, 0.717) is 5.92 Å². The van der Waals surface area contributed by atoms with Crippen LogP contribution in [0.25, 0.3) is 11.2 Å². The highest BCUT2D eigenvalue weighted by Crippen LogP contribution is 2.35. The van der Waals surface area contributed by atoms with Gasteiger partial charge >= 0.3 is 0 Å². The van der Waals surface area contributed by atoms with Crippen LogP contribution < -0.4 is 0 Å². The maximum absolute atomic E-state index is 4.94. The number of fused-ring (bicyclic) bond motifs is 1. The normalized spacial score (nSPS) is 26.5. The lowest BCUT2D eigenvalue weighted by molar-refractivity contribution is 0.555. The Labute approximate surface area is 134 Å². The van der Waals surface area contributed by atoms with Gasteiger partial charge in [-0.2, -0.15) is 23.5 Å². The van der Waals surface area contributed by atoms with Crippen molar-refractivity contribution < 1.29 is 0 Å². The Hall–Kier alpha value is -0.680. The zero-order valence-electron chi connectivity index (χ0n) is 12.2. The van der Waals surface area contributed by atoms with Crippen LogP contribution in [0.1, 0.15) is 37.4 Å². The Morgan fingerprint density at radius 1 is 1.24 bits per heavy atom. The summed E-state index contributed by atoms with van der Waals surface area (Å²) < 4.78 is 2.44. The lowest BCUT2D eigenvalue weighted by Gasteiger charge is -2.23. The van der Waals surface area contributed by atoms with Crippen molar-refractivity contribution in [1.29, 1.82) is 0 Å². The number of imidazole rings is 1. The second-order valence-electron chi connectivity index (χ2n) is 5.98. The van der Waals surface area contributed by atoms with E-state index in [1.54, 1.807) is 0 Å². The van der Waals surface area contributed by atoms with E-state index < -0.39 is 0 Å². The molecule has 2 aliphatic heterocycles. The predicted molar refractivity (Wildman–Crippen MR) is 92.3 cm³/mol. The van der Waals surface area contributed by atoms with Crippen LogP contribution in [-0.4, -0.2) is 37.0 Å². The van der Waals surface area contributed by atoms with E-state index in [1.807, 2.05) is 12.3 Å². The van der Waals surface area contributed by atoms with E-state index in [0.717, 1.165) is 23.0 Å². The minimum Gasteiger partial charge on any atom is -0.311 e. The molecule has 2 aromatic rings. The van der Waals surface area contributed by atoms with Crippen molar-refractivity contribution in [3.05, 3.63) is 24.2 Å². The van der Waals surface area contributed by atoms with Gasteiger partial charge in [-0.05, 0) is 42.9 Å². The van der Waals surface area contributed by atoms with Gasteiger partial charge in [0.2, 0.25) is 0 Å². The molecule has 2 atom stereocenters. The fraction of sp³-hybridized carbons (Fsp3) is 0.625. The summed E-state index contributed by atoms with van der Waals surface area (Å²) in [5.41, 5.74) is 2.17. The lowest BCUT2D eigenvalue weighted by Crippen LogP contribution is -2.20. The number of nitrogens with zero attached hydrogens (tertiary/aromatic N) is 3. The van der Waals surface area contributed by atoms with Crippen LogP contribution in [-0.2, 0) is 6.54 Å². The van der Waals surface area contributed by atoms with Crippen molar-refractivity contribution in [2.45, 2.75) is 43.4 Å². The highest BCUT2D eigenvalue weighted by molar-refractivity contribution is 8.00. The van der Waals surface area contributed by atoms with E-state index in [-0.39, 0.29) is 0 Å². The summed E-state index contributed by atoms with van der Waals surface area (Å²) in [5, 5.41) is 0.742. The third-order valence-corrected chi connectivity index (χ3v) is 7.03. The van der Waals surface area contributed by atoms with Crippen LogP contribution in [0.5, 0.6) is 0 Å². The molecule has 5 heteroatoms. The molecule has 3 nitrogen and oxygen atoms in total. The molecule has 0 amide bonds. The Morgan fingerprint density at radius 2 is 2.24 bits per heavy atom. The Kier molecular flexibility index (Phi) is 4.12. The fourth-order valence-corrected chi connectivity index (χ4v) is 5.87. The number of aromatic nitrogens is 3. The minimum atomic E-state index is 0.623. The van der Waals surface area contributed by atoms with Crippen molar-refractivity contribution in [1.82, 2.24) is 14.5 Å². The van der Waals surface area contributed by atoms with Gasteiger partial charge in [-0.3, -0.25) is 0 Å². The fourth-order valence-electron chi connectivity index (χ4n) is 3.36. The van der Waals surface area contributed by atoms with Gasteiger partial charge in [0, 0.05) is 29.7 Å². The molecule has 2 unspecified atom stereocenters. The van der Waals surface area contributed by atoms with Crippen molar-refractivity contribution in [2.24, 2.45) is 0 Å². The summed E-state index contributed by atoms with van der Waals surface area (Å²) in [6.45, 7) is 1.09. The molecule has 112 valence electrons. The van der Waals surface area contributed by atoms with Crippen molar-refractivity contribution in [2.75, 3.05) is 17.3 Å². The van der Waals surface area contributed by atoms with Crippen LogP contribution in [0, 0.1) is 0 Å². The largest absolute Gasteiger partial charge is 0.311 e. The van der Waals surface area contributed by atoms with Crippen molar-refractivity contribution >= 4 is 34.7 Å². The van der Waals surface area contributed by atoms with Crippen LogP contribution >= 0.6 is 23.5 Å². The van der Waals surface area contributed by atoms with Gasteiger partial charge in [-0.1, -0.05) is 6.42 Å². The zero-order valence-corrected chi connectivity index (χ0v) is 13.8. The molecule has 4 rings (SSSR count). The predicted octanol–water partition coefficient (Wildman–Crippen LogP) is 3.94.